The topological polar surface area (TPSA) is 200 Å². The third-order valence-electron chi connectivity index (χ3n) is 7.74. The third kappa shape index (κ3) is 10.3. The highest BCUT2D eigenvalue weighted by molar-refractivity contribution is 6.00. The Morgan fingerprint density at radius 3 is 2.72 bits per heavy atom. The lowest BCUT2D eigenvalue weighted by molar-refractivity contribution is -0.384. The summed E-state index contributed by atoms with van der Waals surface area (Å²) in [6, 6.07) is 5.27. The maximum atomic E-state index is 13.4. The van der Waals surface area contributed by atoms with Crippen molar-refractivity contribution in [2.24, 2.45) is 11.8 Å². The zero-order valence-electron chi connectivity index (χ0n) is 28.1. The molecule has 0 saturated carbocycles. The molecule has 264 valence electrons. The Kier molecular flexibility index (Phi) is 12.6. The Morgan fingerprint density at radius 2 is 1.98 bits per heavy atom. The first kappa shape index (κ1) is 37.0. The van der Waals surface area contributed by atoms with Gasteiger partial charge < -0.3 is 24.1 Å². The SMILES string of the molecule is CC1=C\[C@@H](OC(=O)Nc2cccc([N+](=O)[O-])c2)CC(=O)Cc2nc(co2)C(=O)N2CCC=C2C(=O)OC(C(C)C)[C@H](C)/C=C/C(=O)NC\C=C\1. The number of Topliss-reactive ketones (excluding diaryl/α,β-unsaturated/α-hetero) is 1. The van der Waals surface area contributed by atoms with Crippen molar-refractivity contribution in [2.45, 2.75) is 59.2 Å². The number of oxazole rings is 1. The number of esters is 1. The number of amides is 3. The largest absolute Gasteiger partial charge is 0.457 e. The average Bonchev–Trinajstić information content (AvgIpc) is 3.74. The molecule has 50 heavy (non-hydrogen) atoms. The lowest BCUT2D eigenvalue weighted by Gasteiger charge is -2.27. The van der Waals surface area contributed by atoms with E-state index < -0.39 is 40.9 Å². The van der Waals surface area contributed by atoms with Gasteiger partial charge in [0, 0.05) is 37.6 Å². The Bertz CT molecular complexity index is 1750. The molecule has 0 radical (unpaired) electrons. The highest BCUT2D eigenvalue weighted by atomic mass is 16.6. The van der Waals surface area contributed by atoms with E-state index in [1.165, 1.54) is 35.3 Å². The summed E-state index contributed by atoms with van der Waals surface area (Å²) in [7, 11) is 0. The van der Waals surface area contributed by atoms with Gasteiger partial charge in [0.25, 0.3) is 11.6 Å². The van der Waals surface area contributed by atoms with Gasteiger partial charge in [-0.05, 0) is 37.5 Å². The van der Waals surface area contributed by atoms with E-state index in [9.17, 15) is 34.1 Å². The maximum absolute atomic E-state index is 13.4. The molecule has 1 aromatic heterocycles. The second-order valence-corrected chi connectivity index (χ2v) is 12.1. The van der Waals surface area contributed by atoms with Crippen molar-refractivity contribution in [3.05, 3.63) is 100.0 Å². The fourth-order valence-electron chi connectivity index (χ4n) is 5.37. The Morgan fingerprint density at radius 1 is 1.20 bits per heavy atom. The number of rotatable bonds is 4. The molecule has 2 aliphatic rings. The molecule has 15 heteroatoms. The molecule has 1 aromatic carbocycles. The van der Waals surface area contributed by atoms with Gasteiger partial charge in [0.15, 0.2) is 5.69 Å². The minimum absolute atomic E-state index is 0.0549. The van der Waals surface area contributed by atoms with E-state index in [0.717, 1.165) is 12.3 Å². The van der Waals surface area contributed by atoms with Gasteiger partial charge in [0.2, 0.25) is 11.8 Å². The first-order valence-electron chi connectivity index (χ1n) is 16.0. The minimum Gasteiger partial charge on any atom is -0.457 e. The molecule has 0 spiro atoms. The number of aromatic nitrogens is 1. The number of ketones is 1. The van der Waals surface area contributed by atoms with Crippen LogP contribution in [0, 0.1) is 22.0 Å². The van der Waals surface area contributed by atoms with Crippen LogP contribution >= 0.6 is 0 Å². The quantitative estimate of drug-likeness (QED) is 0.253. The number of nitrogens with one attached hydrogen (secondary N) is 2. The van der Waals surface area contributed by atoms with Crippen LogP contribution in [-0.2, 0) is 30.3 Å². The molecule has 3 amide bonds. The Balaban J connectivity index is 1.58. The van der Waals surface area contributed by atoms with E-state index in [1.807, 2.05) is 20.8 Å². The minimum atomic E-state index is -1.08. The third-order valence-corrected chi connectivity index (χ3v) is 7.74. The number of carbonyl (C=O) groups is 5. The number of benzene rings is 1. The number of carbonyl (C=O) groups excluding carboxylic acids is 5. The summed E-state index contributed by atoms with van der Waals surface area (Å²) >= 11 is 0. The van der Waals surface area contributed by atoms with Crippen LogP contribution < -0.4 is 10.6 Å². The molecule has 0 fully saturated rings. The van der Waals surface area contributed by atoms with Crippen LogP contribution in [0.15, 0.2) is 82.7 Å². The van der Waals surface area contributed by atoms with Crippen LogP contribution in [0.1, 0.15) is 56.9 Å². The number of nitro benzene ring substituents is 1. The molecule has 2 aliphatic heterocycles. The van der Waals surface area contributed by atoms with E-state index in [4.69, 9.17) is 13.9 Å². The number of fused-ring (bicyclic) bond motifs is 3. The first-order valence-corrected chi connectivity index (χ1v) is 16.0. The highest BCUT2D eigenvalue weighted by Crippen LogP contribution is 2.25. The molecule has 2 aromatic rings. The first-order chi connectivity index (χ1) is 23.8. The molecular formula is C35H39N5O10. The molecule has 15 nitrogen and oxygen atoms in total. The number of nitro groups is 1. The van der Waals surface area contributed by atoms with Gasteiger partial charge >= 0.3 is 12.1 Å². The van der Waals surface area contributed by atoms with Crippen molar-refractivity contribution < 1.29 is 42.8 Å². The van der Waals surface area contributed by atoms with Gasteiger partial charge in [0.05, 0.1) is 17.0 Å². The number of non-ortho nitro benzene ring substituents is 1. The smallest absolute Gasteiger partial charge is 0.412 e. The lowest BCUT2D eigenvalue weighted by Crippen LogP contribution is -2.36. The number of allylic oxidation sites excluding steroid dienone is 2. The van der Waals surface area contributed by atoms with E-state index in [1.54, 1.807) is 31.2 Å². The number of hydrogen-bond acceptors (Lipinski definition) is 11. The molecule has 2 bridgehead atoms. The van der Waals surface area contributed by atoms with E-state index in [0.29, 0.717) is 12.0 Å². The summed E-state index contributed by atoms with van der Waals surface area (Å²) in [5, 5.41) is 16.3. The van der Waals surface area contributed by atoms with Crippen LogP contribution in [0.4, 0.5) is 16.2 Å². The number of ether oxygens (including phenoxy) is 2. The van der Waals surface area contributed by atoms with Crippen molar-refractivity contribution in [3.63, 3.8) is 0 Å². The van der Waals surface area contributed by atoms with Gasteiger partial charge in [0.1, 0.15) is 30.0 Å². The van der Waals surface area contributed by atoms with Crippen LogP contribution in [-0.4, -0.2) is 69.8 Å². The summed E-state index contributed by atoms with van der Waals surface area (Å²) in [6.07, 6.45) is 7.75. The number of cyclic esters (lactones) is 1. The number of anilines is 1. The summed E-state index contributed by atoms with van der Waals surface area (Å²) in [6.45, 7) is 7.68. The van der Waals surface area contributed by atoms with Gasteiger partial charge in [-0.3, -0.25) is 29.8 Å². The highest BCUT2D eigenvalue weighted by Gasteiger charge is 2.33. The molecule has 3 heterocycles. The lowest BCUT2D eigenvalue weighted by atomic mass is 9.94. The molecule has 3 atom stereocenters. The fourth-order valence-corrected chi connectivity index (χ4v) is 5.37. The maximum Gasteiger partial charge on any atom is 0.412 e. The van der Waals surface area contributed by atoms with Crippen molar-refractivity contribution in [3.8, 4) is 0 Å². The standard InChI is InChI=1S/C35H39N5O10/c1-21(2)32-23(4)12-13-30(42)36-14-6-8-22(3)16-27(49-35(45)37-24-9-5-10-25(17-24)40(46)47)18-26(41)19-31-38-28(20-48-31)33(43)39-15-7-11-29(39)34(44)50-32/h5-6,8-13,16-17,20-21,23,27,32H,7,14-15,18-19H2,1-4H3,(H,36,42)(H,37,45)/b8-6+,13-12+,22-16+/t23-,27-,32?/m1/s1. The van der Waals surface area contributed by atoms with E-state index >= 15 is 0 Å². The van der Waals surface area contributed by atoms with Crippen molar-refractivity contribution >= 4 is 41.0 Å². The van der Waals surface area contributed by atoms with Gasteiger partial charge in [-0.15, -0.1) is 0 Å². The Labute approximate surface area is 288 Å². The molecule has 1 unspecified atom stereocenters. The summed E-state index contributed by atoms with van der Waals surface area (Å²) < 4.78 is 16.8. The number of nitrogens with zero attached hydrogens (tertiary/aromatic N) is 3. The van der Waals surface area contributed by atoms with Gasteiger partial charge in [-0.2, -0.15) is 0 Å². The molecule has 2 N–H and O–H groups in total. The van der Waals surface area contributed by atoms with E-state index in [-0.39, 0.29) is 72.3 Å². The second-order valence-electron chi connectivity index (χ2n) is 12.1. The van der Waals surface area contributed by atoms with Gasteiger partial charge in [-0.25, -0.2) is 14.6 Å². The average molecular weight is 690 g/mol. The predicted octanol–water partition coefficient (Wildman–Crippen LogP) is 4.82. The Hall–Kier alpha value is -5.86. The van der Waals surface area contributed by atoms with Crippen LogP contribution in [0.5, 0.6) is 0 Å². The van der Waals surface area contributed by atoms with Gasteiger partial charge in [-0.1, -0.05) is 56.7 Å². The fraction of sp³-hybridized carbons (Fsp3) is 0.371. The zero-order valence-corrected chi connectivity index (χ0v) is 28.1. The molecule has 4 rings (SSSR count). The van der Waals surface area contributed by atoms with Crippen LogP contribution in [0.3, 0.4) is 0 Å². The monoisotopic (exact) mass is 689 g/mol. The summed E-state index contributed by atoms with van der Waals surface area (Å²) in [5.41, 5.74) is 0.430. The van der Waals surface area contributed by atoms with Crippen LogP contribution in [0.25, 0.3) is 0 Å². The van der Waals surface area contributed by atoms with Crippen molar-refractivity contribution in [1.29, 1.82) is 0 Å². The summed E-state index contributed by atoms with van der Waals surface area (Å²) in [4.78, 5) is 81.1. The molecule has 0 aliphatic carbocycles. The van der Waals surface area contributed by atoms with Crippen molar-refractivity contribution in [2.75, 3.05) is 18.4 Å². The van der Waals surface area contributed by atoms with Crippen molar-refractivity contribution in [1.82, 2.24) is 15.2 Å². The summed E-state index contributed by atoms with van der Waals surface area (Å²) in [5.74, 6) is -2.60. The predicted molar refractivity (Wildman–Crippen MR) is 179 cm³/mol. The molecule has 0 saturated heterocycles. The number of hydrogen-bond donors (Lipinski definition) is 2. The second kappa shape index (κ2) is 17.0. The van der Waals surface area contributed by atoms with Crippen LogP contribution in [0.2, 0.25) is 0 Å². The normalized spacial score (nSPS) is 23.5. The van der Waals surface area contributed by atoms with E-state index in [2.05, 4.69) is 15.6 Å². The molecular weight excluding hydrogens is 650 g/mol. The zero-order chi connectivity index (χ0) is 36.4.